The lowest BCUT2D eigenvalue weighted by molar-refractivity contribution is -0.117. The Kier molecular flexibility index (Phi) is 7.01. The summed E-state index contributed by atoms with van der Waals surface area (Å²) in [6, 6.07) is 12.6. The zero-order valence-electron chi connectivity index (χ0n) is 17.0. The van der Waals surface area contributed by atoms with Crippen molar-refractivity contribution in [1.82, 2.24) is 9.88 Å². The van der Waals surface area contributed by atoms with Crippen LogP contribution in [0.5, 0.6) is 0 Å². The first kappa shape index (κ1) is 20.5. The number of unbranched alkanes of at least 4 members (excludes halogenated alkanes) is 1. The molecule has 1 N–H and O–H groups in total. The molecule has 0 fully saturated rings. The van der Waals surface area contributed by atoms with Gasteiger partial charge in [-0.2, -0.15) is 5.26 Å². The zero-order chi connectivity index (χ0) is 20.0. The quantitative estimate of drug-likeness (QED) is 0.564. The molecule has 0 spiro atoms. The molecule has 0 radical (unpaired) electrons. The van der Waals surface area contributed by atoms with Gasteiger partial charge in [0.15, 0.2) is 0 Å². The van der Waals surface area contributed by atoms with Crippen molar-refractivity contribution in [3.05, 3.63) is 58.4 Å². The van der Waals surface area contributed by atoms with Gasteiger partial charge in [0, 0.05) is 23.1 Å². The number of nitriles is 1. The second-order valence-corrected chi connectivity index (χ2v) is 7.23. The van der Waals surface area contributed by atoms with E-state index in [-0.39, 0.29) is 17.5 Å². The highest BCUT2D eigenvalue weighted by molar-refractivity contribution is 6.02. The summed E-state index contributed by atoms with van der Waals surface area (Å²) in [4.78, 5) is 12.2. The predicted molar refractivity (Wildman–Crippen MR) is 111 cm³/mol. The number of nitrogens with zero attached hydrogens (tertiary/aromatic N) is 2. The number of carbonyl (C=O) groups is 1. The standard InChI is InChI=1S/C23H29N3O/c1-6-7-8-19-9-11-22(12-10-19)26-17(4)13-20(18(26)5)14-21(15-24)23(27)25-16(2)3/h9-14,16H,6-8H2,1-5H3,(H,25,27)/b21-14-. The molecule has 0 atom stereocenters. The van der Waals surface area contributed by atoms with Gasteiger partial charge in [0.25, 0.3) is 5.91 Å². The third kappa shape index (κ3) is 5.10. The summed E-state index contributed by atoms with van der Waals surface area (Å²) in [6.45, 7) is 10.0. The molecule has 0 bridgehead atoms. The molecule has 4 heteroatoms. The second-order valence-electron chi connectivity index (χ2n) is 7.23. The first-order chi connectivity index (χ1) is 12.9. The molecule has 0 saturated carbocycles. The highest BCUT2D eigenvalue weighted by Gasteiger charge is 2.14. The van der Waals surface area contributed by atoms with Crippen molar-refractivity contribution in [1.29, 1.82) is 5.26 Å². The normalized spacial score (nSPS) is 11.5. The molecule has 1 heterocycles. The molecule has 27 heavy (non-hydrogen) atoms. The van der Waals surface area contributed by atoms with Gasteiger partial charge in [-0.25, -0.2) is 0 Å². The van der Waals surface area contributed by atoms with Crippen molar-refractivity contribution in [3.8, 4) is 11.8 Å². The van der Waals surface area contributed by atoms with Gasteiger partial charge in [-0.05, 0) is 75.9 Å². The van der Waals surface area contributed by atoms with Gasteiger partial charge in [-0.1, -0.05) is 25.5 Å². The maximum absolute atomic E-state index is 12.2. The van der Waals surface area contributed by atoms with Crippen LogP contribution in [-0.4, -0.2) is 16.5 Å². The van der Waals surface area contributed by atoms with Gasteiger partial charge in [0.05, 0.1) is 0 Å². The van der Waals surface area contributed by atoms with E-state index >= 15 is 0 Å². The van der Waals surface area contributed by atoms with Gasteiger partial charge >= 0.3 is 0 Å². The van der Waals surface area contributed by atoms with Crippen LogP contribution in [0.2, 0.25) is 0 Å². The molecule has 0 aliphatic rings. The first-order valence-electron chi connectivity index (χ1n) is 9.58. The maximum Gasteiger partial charge on any atom is 0.262 e. The summed E-state index contributed by atoms with van der Waals surface area (Å²) in [5.74, 6) is -0.336. The van der Waals surface area contributed by atoms with Crippen molar-refractivity contribution < 1.29 is 4.79 Å². The topological polar surface area (TPSA) is 57.8 Å². The van der Waals surface area contributed by atoms with E-state index in [1.165, 1.54) is 18.4 Å². The lowest BCUT2D eigenvalue weighted by atomic mass is 10.1. The molecule has 2 rings (SSSR count). The monoisotopic (exact) mass is 363 g/mol. The van der Waals surface area contributed by atoms with Crippen molar-refractivity contribution >= 4 is 12.0 Å². The summed E-state index contributed by atoms with van der Waals surface area (Å²) in [5, 5.41) is 12.1. The molecule has 0 aliphatic carbocycles. The van der Waals surface area contributed by atoms with Crippen molar-refractivity contribution in [2.75, 3.05) is 0 Å². The molecule has 142 valence electrons. The predicted octanol–water partition coefficient (Wildman–Crippen LogP) is 4.87. The summed E-state index contributed by atoms with van der Waals surface area (Å²) in [7, 11) is 0. The number of rotatable bonds is 7. The largest absolute Gasteiger partial charge is 0.349 e. The molecule has 0 saturated heterocycles. The highest BCUT2D eigenvalue weighted by atomic mass is 16.1. The number of nitrogens with one attached hydrogen (secondary N) is 1. The Balaban J connectivity index is 2.35. The summed E-state index contributed by atoms with van der Waals surface area (Å²) < 4.78 is 2.16. The fourth-order valence-electron chi connectivity index (χ4n) is 3.17. The van der Waals surface area contributed by atoms with E-state index in [2.05, 4.69) is 41.1 Å². The highest BCUT2D eigenvalue weighted by Crippen LogP contribution is 2.23. The van der Waals surface area contributed by atoms with Gasteiger partial charge < -0.3 is 9.88 Å². The van der Waals surface area contributed by atoms with Crippen LogP contribution in [0.1, 0.15) is 56.1 Å². The van der Waals surface area contributed by atoms with E-state index in [0.717, 1.165) is 29.1 Å². The van der Waals surface area contributed by atoms with Crippen LogP contribution in [-0.2, 0) is 11.2 Å². The van der Waals surface area contributed by atoms with Gasteiger partial charge in [-0.15, -0.1) is 0 Å². The Morgan fingerprint density at radius 2 is 1.93 bits per heavy atom. The van der Waals surface area contributed by atoms with Crippen LogP contribution in [0.15, 0.2) is 35.9 Å². The molecular weight excluding hydrogens is 334 g/mol. The summed E-state index contributed by atoms with van der Waals surface area (Å²) in [6.07, 6.45) is 5.17. The maximum atomic E-state index is 12.2. The Bertz CT molecular complexity index is 864. The van der Waals surface area contributed by atoms with Crippen LogP contribution >= 0.6 is 0 Å². The average Bonchev–Trinajstić information content (AvgIpc) is 2.91. The third-order valence-electron chi connectivity index (χ3n) is 4.57. The lowest BCUT2D eigenvalue weighted by Crippen LogP contribution is -2.30. The summed E-state index contributed by atoms with van der Waals surface area (Å²) in [5.41, 5.74) is 5.53. The number of aromatic nitrogens is 1. The minimum absolute atomic E-state index is 0.00657. The molecule has 0 unspecified atom stereocenters. The molecule has 1 aromatic carbocycles. The molecule has 4 nitrogen and oxygen atoms in total. The zero-order valence-corrected chi connectivity index (χ0v) is 17.0. The number of carbonyl (C=O) groups excluding carboxylic acids is 1. The number of amides is 1. The third-order valence-corrected chi connectivity index (χ3v) is 4.57. The minimum Gasteiger partial charge on any atom is -0.349 e. The van der Waals surface area contributed by atoms with Crippen molar-refractivity contribution in [2.24, 2.45) is 0 Å². The number of hydrogen-bond donors (Lipinski definition) is 1. The van der Waals surface area contributed by atoms with Crippen molar-refractivity contribution in [2.45, 2.75) is 59.9 Å². The molecule has 1 aromatic heterocycles. The van der Waals surface area contributed by atoms with E-state index in [4.69, 9.17) is 0 Å². The van der Waals surface area contributed by atoms with Crippen molar-refractivity contribution in [3.63, 3.8) is 0 Å². The number of aryl methyl sites for hydroxylation is 2. The minimum atomic E-state index is -0.336. The molecule has 2 aromatic rings. The smallest absolute Gasteiger partial charge is 0.262 e. The SMILES string of the molecule is CCCCc1ccc(-n2c(C)cc(/C=C(/C#N)C(=O)NC(C)C)c2C)cc1. The number of benzene rings is 1. The Labute approximate surface area is 162 Å². The molecule has 0 aliphatic heterocycles. The molecule has 1 amide bonds. The van der Waals surface area contributed by atoms with E-state index < -0.39 is 0 Å². The van der Waals surface area contributed by atoms with Gasteiger partial charge in [0.1, 0.15) is 11.6 Å². The van der Waals surface area contributed by atoms with Gasteiger partial charge in [0.2, 0.25) is 0 Å². The van der Waals surface area contributed by atoms with Crippen LogP contribution in [0.3, 0.4) is 0 Å². The van der Waals surface area contributed by atoms with E-state index in [9.17, 15) is 10.1 Å². The van der Waals surface area contributed by atoms with E-state index in [0.29, 0.717) is 0 Å². The van der Waals surface area contributed by atoms with Gasteiger partial charge in [-0.3, -0.25) is 4.79 Å². The Hall–Kier alpha value is -2.80. The van der Waals surface area contributed by atoms with Crippen LogP contribution in [0.25, 0.3) is 11.8 Å². The summed E-state index contributed by atoms with van der Waals surface area (Å²) >= 11 is 0. The number of hydrogen-bond acceptors (Lipinski definition) is 2. The molecular formula is C23H29N3O. The second kappa shape index (κ2) is 9.23. The van der Waals surface area contributed by atoms with Crippen LogP contribution in [0.4, 0.5) is 0 Å². The Morgan fingerprint density at radius 1 is 1.26 bits per heavy atom. The lowest BCUT2D eigenvalue weighted by Gasteiger charge is -2.11. The van der Waals surface area contributed by atoms with E-state index in [1.807, 2.05) is 39.8 Å². The fourth-order valence-corrected chi connectivity index (χ4v) is 3.17. The fraction of sp³-hybridized carbons (Fsp3) is 0.391. The van der Waals surface area contributed by atoms with Crippen LogP contribution in [0, 0.1) is 25.2 Å². The van der Waals surface area contributed by atoms with E-state index in [1.54, 1.807) is 6.08 Å². The average molecular weight is 364 g/mol. The Morgan fingerprint density at radius 3 is 2.48 bits per heavy atom. The first-order valence-corrected chi connectivity index (χ1v) is 9.58. The van der Waals surface area contributed by atoms with Crippen LogP contribution < -0.4 is 5.32 Å².